The normalized spacial score (nSPS) is 16.8. The Bertz CT molecular complexity index is 1180. The van der Waals surface area contributed by atoms with Crippen molar-refractivity contribution >= 4 is 56.5 Å². The fraction of sp³-hybridized carbons (Fsp3) is 0.105. The Kier molecular flexibility index (Phi) is 4.93. The largest absolute Gasteiger partial charge is 0.478 e. The average Bonchev–Trinajstić information content (AvgIpc) is 3.28. The maximum Gasteiger partial charge on any atom is 0.339 e. The van der Waals surface area contributed by atoms with Gasteiger partial charge in [0.25, 0.3) is 5.89 Å². The van der Waals surface area contributed by atoms with Gasteiger partial charge in [-0.3, -0.25) is 4.79 Å². The van der Waals surface area contributed by atoms with E-state index in [0.717, 1.165) is 17.4 Å². The first kappa shape index (κ1) is 19.3. The lowest BCUT2D eigenvalue weighted by molar-refractivity contribution is 0.0698. The zero-order valence-electron chi connectivity index (χ0n) is 14.4. The molecule has 2 aromatic heterocycles. The summed E-state index contributed by atoms with van der Waals surface area (Å²) in [4.78, 5) is 28.3. The minimum Gasteiger partial charge on any atom is -0.478 e. The molecular formula is C19H11ClF2N2O4S. The number of carboxylic acids is 1. The van der Waals surface area contributed by atoms with Gasteiger partial charge < -0.3 is 14.8 Å². The lowest BCUT2D eigenvalue weighted by Crippen LogP contribution is -2.15. The van der Waals surface area contributed by atoms with E-state index in [4.69, 9.17) is 16.0 Å². The van der Waals surface area contributed by atoms with E-state index in [1.165, 1.54) is 5.38 Å². The van der Waals surface area contributed by atoms with Crippen LogP contribution in [0.2, 0.25) is 0 Å². The number of nitrogens with zero attached hydrogens (tertiary/aromatic N) is 1. The number of carboxylic acid groups (broad SMARTS) is 1. The summed E-state index contributed by atoms with van der Waals surface area (Å²) >= 11 is 6.49. The van der Waals surface area contributed by atoms with Crippen LogP contribution in [0.25, 0.3) is 16.7 Å². The number of hydrogen-bond donors (Lipinski definition) is 2. The molecule has 3 aromatic rings. The van der Waals surface area contributed by atoms with Crippen molar-refractivity contribution in [2.24, 2.45) is 0 Å². The molecule has 1 aliphatic rings. The van der Waals surface area contributed by atoms with Gasteiger partial charge in [0.2, 0.25) is 0 Å². The highest BCUT2D eigenvalue weighted by Gasteiger charge is 2.29. The fourth-order valence-electron chi connectivity index (χ4n) is 2.92. The van der Waals surface area contributed by atoms with E-state index in [1.807, 2.05) is 0 Å². The van der Waals surface area contributed by atoms with Crippen molar-refractivity contribution in [2.75, 3.05) is 5.32 Å². The summed E-state index contributed by atoms with van der Waals surface area (Å²) in [5.41, 5.74) is 0.377. The third kappa shape index (κ3) is 3.54. The van der Waals surface area contributed by atoms with Gasteiger partial charge in [0.1, 0.15) is 28.1 Å². The molecule has 0 saturated carbocycles. The number of aromatic nitrogens is 1. The van der Waals surface area contributed by atoms with Gasteiger partial charge in [0.05, 0.1) is 5.03 Å². The molecule has 2 heterocycles. The Labute approximate surface area is 171 Å². The summed E-state index contributed by atoms with van der Waals surface area (Å²) in [7, 11) is 0. The van der Waals surface area contributed by atoms with Crippen molar-refractivity contribution in [3.8, 4) is 0 Å². The number of para-hydroxylation sites is 2. The van der Waals surface area contributed by atoms with Crippen molar-refractivity contribution in [3.63, 3.8) is 0 Å². The van der Waals surface area contributed by atoms with Crippen molar-refractivity contribution < 1.29 is 27.9 Å². The number of nitrogens with one attached hydrogen (secondary N) is 1. The van der Waals surface area contributed by atoms with Crippen molar-refractivity contribution in [3.05, 3.63) is 63.6 Å². The molecule has 0 saturated heterocycles. The molecular weight excluding hydrogens is 426 g/mol. The number of carbonyl (C=O) groups is 2. The Morgan fingerprint density at radius 3 is 2.83 bits per heavy atom. The third-order valence-electron chi connectivity index (χ3n) is 4.28. The summed E-state index contributed by atoms with van der Waals surface area (Å²) in [5.74, 6) is -3.23. The van der Waals surface area contributed by atoms with E-state index >= 15 is 0 Å². The average molecular weight is 437 g/mol. The first-order chi connectivity index (χ1) is 13.8. The number of hydrogen-bond acceptors (Lipinski definition) is 5. The predicted octanol–water partition coefficient (Wildman–Crippen LogP) is 5.38. The standard InChI is InChI=1S/C19H11ClF2N2O4S/c20-10-6-11(21)8(5-12(10)22)9-7-29-18(15(9)19(26)27)24-16(25)17-23-13-3-1-2-4-14(13)28-17/h1-4,6-7,12H,5H2,(H,24,25)(H,26,27). The lowest BCUT2D eigenvalue weighted by Gasteiger charge is -2.16. The summed E-state index contributed by atoms with van der Waals surface area (Å²) in [6, 6.07) is 6.74. The SMILES string of the molecule is O=C(Nc1scc(C2=C(F)C=C(Cl)C(F)C2)c1C(=O)O)c1nc2ccccc2o1. The Morgan fingerprint density at radius 1 is 1.34 bits per heavy atom. The van der Waals surface area contributed by atoms with E-state index in [2.05, 4.69) is 10.3 Å². The number of aromatic carboxylic acids is 1. The maximum absolute atomic E-state index is 14.3. The van der Waals surface area contributed by atoms with Gasteiger partial charge >= 0.3 is 11.9 Å². The summed E-state index contributed by atoms with van der Waals surface area (Å²) in [5, 5.41) is 13.0. The van der Waals surface area contributed by atoms with Crippen LogP contribution in [0.5, 0.6) is 0 Å². The van der Waals surface area contributed by atoms with Crippen LogP contribution >= 0.6 is 22.9 Å². The van der Waals surface area contributed by atoms with Gasteiger partial charge in [0, 0.05) is 22.9 Å². The fourth-order valence-corrected chi connectivity index (χ4v) is 4.06. The molecule has 1 amide bonds. The number of amides is 1. The van der Waals surface area contributed by atoms with Crippen molar-refractivity contribution in [2.45, 2.75) is 12.6 Å². The molecule has 29 heavy (non-hydrogen) atoms. The smallest absolute Gasteiger partial charge is 0.339 e. The maximum atomic E-state index is 14.3. The van der Waals surface area contributed by atoms with E-state index < -0.39 is 30.3 Å². The number of allylic oxidation sites excluding steroid dienone is 4. The van der Waals surface area contributed by atoms with Crippen LogP contribution < -0.4 is 5.32 Å². The van der Waals surface area contributed by atoms with Gasteiger partial charge in [-0.05, 0) is 18.2 Å². The number of anilines is 1. The highest BCUT2D eigenvalue weighted by atomic mass is 35.5. The topological polar surface area (TPSA) is 92.4 Å². The number of carbonyl (C=O) groups excluding carboxylic acids is 1. The summed E-state index contributed by atoms with van der Waals surface area (Å²) < 4.78 is 33.6. The van der Waals surface area contributed by atoms with E-state index in [0.29, 0.717) is 11.1 Å². The zero-order chi connectivity index (χ0) is 20.7. The Balaban J connectivity index is 1.69. The summed E-state index contributed by atoms with van der Waals surface area (Å²) in [6.45, 7) is 0. The molecule has 1 atom stereocenters. The number of rotatable bonds is 4. The highest BCUT2D eigenvalue weighted by molar-refractivity contribution is 7.15. The molecule has 0 spiro atoms. The molecule has 1 aromatic carbocycles. The summed E-state index contributed by atoms with van der Waals surface area (Å²) in [6.07, 6.45) is -1.22. The molecule has 0 bridgehead atoms. The Morgan fingerprint density at radius 2 is 2.10 bits per heavy atom. The molecule has 2 N–H and O–H groups in total. The number of benzene rings is 1. The second-order valence-corrected chi connectivity index (χ2v) is 7.44. The molecule has 0 radical (unpaired) electrons. The number of thiophene rings is 1. The molecule has 10 heteroatoms. The van der Waals surface area contributed by atoms with E-state index in [-0.39, 0.29) is 32.6 Å². The molecule has 148 valence electrons. The second kappa shape index (κ2) is 7.41. The molecule has 0 fully saturated rings. The number of halogens is 3. The zero-order valence-corrected chi connectivity index (χ0v) is 16.0. The van der Waals surface area contributed by atoms with Crippen LogP contribution in [0.4, 0.5) is 13.8 Å². The van der Waals surface area contributed by atoms with Crippen LogP contribution in [0, 0.1) is 0 Å². The third-order valence-corrected chi connectivity index (χ3v) is 5.52. The van der Waals surface area contributed by atoms with Gasteiger partial charge in [-0.2, -0.15) is 0 Å². The molecule has 6 nitrogen and oxygen atoms in total. The van der Waals surface area contributed by atoms with Crippen LogP contribution in [0.15, 0.2) is 51.0 Å². The predicted molar refractivity (Wildman–Crippen MR) is 105 cm³/mol. The Hall–Kier alpha value is -3.04. The molecule has 4 rings (SSSR count). The van der Waals surface area contributed by atoms with Gasteiger partial charge in [-0.15, -0.1) is 11.3 Å². The van der Waals surface area contributed by atoms with E-state index in [9.17, 15) is 23.5 Å². The van der Waals surface area contributed by atoms with Gasteiger partial charge in [-0.25, -0.2) is 18.6 Å². The van der Waals surface area contributed by atoms with E-state index in [1.54, 1.807) is 24.3 Å². The second-order valence-electron chi connectivity index (χ2n) is 6.13. The monoisotopic (exact) mass is 436 g/mol. The van der Waals surface area contributed by atoms with Crippen LogP contribution in [0.3, 0.4) is 0 Å². The number of oxazole rings is 1. The van der Waals surface area contributed by atoms with Crippen molar-refractivity contribution in [1.29, 1.82) is 0 Å². The molecule has 1 aliphatic carbocycles. The van der Waals surface area contributed by atoms with Crippen LogP contribution in [0.1, 0.15) is 33.0 Å². The number of fused-ring (bicyclic) bond motifs is 1. The highest BCUT2D eigenvalue weighted by Crippen LogP contribution is 2.41. The molecule has 1 unspecified atom stereocenters. The first-order valence-corrected chi connectivity index (χ1v) is 9.52. The van der Waals surface area contributed by atoms with Gasteiger partial charge in [-0.1, -0.05) is 23.7 Å². The first-order valence-electron chi connectivity index (χ1n) is 8.27. The minimum atomic E-state index is -1.63. The van der Waals surface area contributed by atoms with Gasteiger partial charge in [0.15, 0.2) is 5.58 Å². The molecule has 0 aliphatic heterocycles. The lowest BCUT2D eigenvalue weighted by atomic mass is 9.94. The van der Waals surface area contributed by atoms with Crippen LogP contribution in [-0.4, -0.2) is 28.1 Å². The quantitative estimate of drug-likeness (QED) is 0.572. The van der Waals surface area contributed by atoms with Crippen molar-refractivity contribution in [1.82, 2.24) is 4.98 Å². The van der Waals surface area contributed by atoms with Crippen LogP contribution in [-0.2, 0) is 0 Å². The number of alkyl halides is 1. The minimum absolute atomic E-state index is 0.0177.